The summed E-state index contributed by atoms with van der Waals surface area (Å²) >= 11 is 0. The molecule has 0 aliphatic carbocycles. The Balaban J connectivity index is 2.08. The Bertz CT molecular complexity index is 491. The predicted molar refractivity (Wildman–Crippen MR) is 61.3 cm³/mol. The molecule has 2 aromatic rings. The third kappa shape index (κ3) is 2.21. The Morgan fingerprint density at radius 2 is 2.12 bits per heavy atom. The second-order valence-electron chi connectivity index (χ2n) is 3.92. The van der Waals surface area contributed by atoms with Crippen molar-refractivity contribution >= 4 is 0 Å². The lowest BCUT2D eigenvalue weighted by molar-refractivity contribution is 0.289. The third-order valence-corrected chi connectivity index (χ3v) is 2.49. The van der Waals surface area contributed by atoms with Crippen LogP contribution in [0.3, 0.4) is 0 Å². The van der Waals surface area contributed by atoms with Gasteiger partial charge in [-0.3, -0.25) is 0 Å². The molecule has 0 fully saturated rings. The van der Waals surface area contributed by atoms with Crippen molar-refractivity contribution in [3.63, 3.8) is 0 Å². The third-order valence-electron chi connectivity index (χ3n) is 2.49. The van der Waals surface area contributed by atoms with Gasteiger partial charge in [0.15, 0.2) is 5.82 Å². The molecule has 0 radical (unpaired) electrons. The van der Waals surface area contributed by atoms with E-state index in [1.54, 1.807) is 6.33 Å². The first-order valence-electron chi connectivity index (χ1n) is 5.20. The first-order chi connectivity index (χ1) is 7.66. The van der Waals surface area contributed by atoms with E-state index in [1.165, 1.54) is 5.56 Å². The summed E-state index contributed by atoms with van der Waals surface area (Å²) in [5.41, 5.74) is 2.38. The highest BCUT2D eigenvalue weighted by Crippen LogP contribution is 2.19. The summed E-state index contributed by atoms with van der Waals surface area (Å²) in [6, 6.07) is 6.13. The van der Waals surface area contributed by atoms with Crippen LogP contribution in [0.4, 0.5) is 0 Å². The molecular formula is C12H15N3O. The van der Waals surface area contributed by atoms with E-state index in [-0.39, 0.29) is 0 Å². The Morgan fingerprint density at radius 1 is 1.31 bits per heavy atom. The molecule has 4 nitrogen and oxygen atoms in total. The van der Waals surface area contributed by atoms with Crippen LogP contribution in [-0.2, 0) is 13.7 Å². The maximum atomic E-state index is 5.69. The number of rotatable bonds is 3. The summed E-state index contributed by atoms with van der Waals surface area (Å²) in [5, 5.41) is 7.77. The summed E-state index contributed by atoms with van der Waals surface area (Å²) in [7, 11) is 1.90. The van der Waals surface area contributed by atoms with Crippen molar-refractivity contribution in [2.24, 2.45) is 7.05 Å². The van der Waals surface area contributed by atoms with E-state index in [2.05, 4.69) is 23.2 Å². The maximum absolute atomic E-state index is 5.69. The topological polar surface area (TPSA) is 39.9 Å². The second kappa shape index (κ2) is 4.35. The summed E-state index contributed by atoms with van der Waals surface area (Å²) in [6.45, 7) is 4.55. The Kier molecular flexibility index (Phi) is 2.90. The monoisotopic (exact) mass is 217 g/mol. The van der Waals surface area contributed by atoms with E-state index >= 15 is 0 Å². The standard InChI is InChI=1S/C12H15N3O/c1-9-4-5-11(10(2)6-9)16-7-12-14-13-8-15(12)3/h4-6,8H,7H2,1-3H3. The summed E-state index contributed by atoms with van der Waals surface area (Å²) in [6.07, 6.45) is 1.67. The molecule has 0 atom stereocenters. The fraction of sp³-hybridized carbons (Fsp3) is 0.333. The average Bonchev–Trinajstić information content (AvgIpc) is 2.63. The van der Waals surface area contributed by atoms with Crippen LogP contribution < -0.4 is 4.74 Å². The van der Waals surface area contributed by atoms with Gasteiger partial charge in [-0.25, -0.2) is 0 Å². The molecule has 84 valence electrons. The van der Waals surface area contributed by atoms with Crippen molar-refractivity contribution < 1.29 is 4.74 Å². The molecule has 0 N–H and O–H groups in total. The van der Waals surface area contributed by atoms with E-state index in [1.807, 2.05) is 30.7 Å². The summed E-state index contributed by atoms with van der Waals surface area (Å²) < 4.78 is 7.54. The van der Waals surface area contributed by atoms with Crippen LogP contribution in [0.1, 0.15) is 17.0 Å². The van der Waals surface area contributed by atoms with Crippen LogP contribution in [0.2, 0.25) is 0 Å². The van der Waals surface area contributed by atoms with Gasteiger partial charge >= 0.3 is 0 Å². The number of benzene rings is 1. The van der Waals surface area contributed by atoms with Crippen LogP contribution in [0.15, 0.2) is 24.5 Å². The van der Waals surface area contributed by atoms with Crippen molar-refractivity contribution in [1.29, 1.82) is 0 Å². The van der Waals surface area contributed by atoms with Crippen LogP contribution in [0.25, 0.3) is 0 Å². The van der Waals surface area contributed by atoms with Gasteiger partial charge in [-0.2, -0.15) is 0 Å². The summed E-state index contributed by atoms with van der Waals surface area (Å²) in [4.78, 5) is 0. The molecule has 1 heterocycles. The van der Waals surface area contributed by atoms with Crippen LogP contribution >= 0.6 is 0 Å². The van der Waals surface area contributed by atoms with E-state index in [4.69, 9.17) is 4.74 Å². The lowest BCUT2D eigenvalue weighted by atomic mass is 10.1. The highest BCUT2D eigenvalue weighted by molar-refractivity contribution is 5.35. The van der Waals surface area contributed by atoms with Crippen molar-refractivity contribution in [3.05, 3.63) is 41.5 Å². The van der Waals surface area contributed by atoms with Crippen molar-refractivity contribution in [2.75, 3.05) is 0 Å². The largest absolute Gasteiger partial charge is 0.485 e. The highest BCUT2D eigenvalue weighted by atomic mass is 16.5. The minimum atomic E-state index is 0.445. The normalized spacial score (nSPS) is 10.4. The predicted octanol–water partition coefficient (Wildman–Crippen LogP) is 2.01. The number of hydrogen-bond acceptors (Lipinski definition) is 3. The zero-order chi connectivity index (χ0) is 11.5. The SMILES string of the molecule is Cc1ccc(OCc2nncn2C)c(C)c1. The number of aryl methyl sites for hydroxylation is 3. The molecule has 0 saturated carbocycles. The van der Waals surface area contributed by atoms with E-state index < -0.39 is 0 Å². The lowest BCUT2D eigenvalue weighted by Gasteiger charge is -2.08. The molecule has 0 aliphatic rings. The van der Waals surface area contributed by atoms with Gasteiger partial charge < -0.3 is 9.30 Å². The zero-order valence-corrected chi connectivity index (χ0v) is 9.77. The van der Waals surface area contributed by atoms with Crippen LogP contribution in [0, 0.1) is 13.8 Å². The second-order valence-corrected chi connectivity index (χ2v) is 3.92. The molecule has 1 aromatic carbocycles. The zero-order valence-electron chi connectivity index (χ0n) is 9.77. The molecule has 0 amide bonds. The summed E-state index contributed by atoms with van der Waals surface area (Å²) in [5.74, 6) is 1.72. The first kappa shape index (κ1) is 10.7. The van der Waals surface area contributed by atoms with Gasteiger partial charge in [-0.1, -0.05) is 17.7 Å². The minimum Gasteiger partial charge on any atom is -0.485 e. The Labute approximate surface area is 94.9 Å². The molecule has 0 unspecified atom stereocenters. The van der Waals surface area contributed by atoms with Crippen molar-refractivity contribution in [3.8, 4) is 5.75 Å². The van der Waals surface area contributed by atoms with Gasteiger partial charge in [-0.05, 0) is 25.5 Å². The molecule has 0 saturated heterocycles. The fourth-order valence-electron chi connectivity index (χ4n) is 1.54. The van der Waals surface area contributed by atoms with E-state index in [9.17, 15) is 0 Å². The van der Waals surface area contributed by atoms with E-state index in [0.717, 1.165) is 17.1 Å². The molecule has 0 spiro atoms. The molecule has 16 heavy (non-hydrogen) atoms. The van der Waals surface area contributed by atoms with Crippen molar-refractivity contribution in [1.82, 2.24) is 14.8 Å². The Hall–Kier alpha value is -1.84. The highest BCUT2D eigenvalue weighted by Gasteiger charge is 2.03. The van der Waals surface area contributed by atoms with Gasteiger partial charge in [0.05, 0.1) is 0 Å². The Morgan fingerprint density at radius 3 is 2.75 bits per heavy atom. The van der Waals surface area contributed by atoms with Gasteiger partial charge in [0.1, 0.15) is 18.7 Å². The van der Waals surface area contributed by atoms with Gasteiger partial charge in [0, 0.05) is 7.05 Å². The molecule has 0 bridgehead atoms. The number of hydrogen-bond donors (Lipinski definition) is 0. The smallest absolute Gasteiger partial charge is 0.170 e. The first-order valence-corrected chi connectivity index (χ1v) is 5.20. The van der Waals surface area contributed by atoms with Gasteiger partial charge in [0.25, 0.3) is 0 Å². The molecule has 1 aromatic heterocycles. The van der Waals surface area contributed by atoms with Gasteiger partial charge in [-0.15, -0.1) is 10.2 Å². The van der Waals surface area contributed by atoms with Gasteiger partial charge in [0.2, 0.25) is 0 Å². The molecular weight excluding hydrogens is 202 g/mol. The maximum Gasteiger partial charge on any atom is 0.170 e. The number of aromatic nitrogens is 3. The minimum absolute atomic E-state index is 0.445. The average molecular weight is 217 g/mol. The quantitative estimate of drug-likeness (QED) is 0.789. The number of nitrogens with zero attached hydrogens (tertiary/aromatic N) is 3. The molecule has 0 aliphatic heterocycles. The molecule has 2 rings (SSSR count). The van der Waals surface area contributed by atoms with E-state index in [0.29, 0.717) is 6.61 Å². The fourth-order valence-corrected chi connectivity index (χ4v) is 1.54. The molecule has 4 heteroatoms. The van der Waals surface area contributed by atoms with Crippen LogP contribution in [-0.4, -0.2) is 14.8 Å². The number of ether oxygens (including phenoxy) is 1. The van der Waals surface area contributed by atoms with Crippen LogP contribution in [0.5, 0.6) is 5.75 Å². The van der Waals surface area contributed by atoms with Crippen molar-refractivity contribution in [2.45, 2.75) is 20.5 Å². The lowest BCUT2D eigenvalue weighted by Crippen LogP contribution is -2.03.